The number of rotatable bonds is 4. The zero-order valence-corrected chi connectivity index (χ0v) is 17.3. The van der Waals surface area contributed by atoms with Gasteiger partial charge in [-0.15, -0.1) is 0 Å². The third kappa shape index (κ3) is 5.24. The summed E-state index contributed by atoms with van der Waals surface area (Å²) in [5, 5.41) is 4.31. The van der Waals surface area contributed by atoms with Gasteiger partial charge in [0.2, 0.25) is 0 Å². The molecule has 2 unspecified atom stereocenters. The molecule has 5 nitrogen and oxygen atoms in total. The SMILES string of the molecule is COC=O.COCC1CCCC2(C=C(c3c(C)cc(Cl)cc3Cl)C(=O)N2)C1. The van der Waals surface area contributed by atoms with Gasteiger partial charge < -0.3 is 14.8 Å². The molecule has 1 amide bonds. The monoisotopic (exact) mass is 413 g/mol. The highest BCUT2D eigenvalue weighted by molar-refractivity contribution is 6.38. The van der Waals surface area contributed by atoms with Crippen LogP contribution in [0.25, 0.3) is 5.57 Å². The van der Waals surface area contributed by atoms with E-state index in [1.54, 1.807) is 13.2 Å². The first-order valence-electron chi connectivity index (χ1n) is 8.82. The maximum absolute atomic E-state index is 12.6. The van der Waals surface area contributed by atoms with E-state index < -0.39 is 0 Å². The average molecular weight is 414 g/mol. The third-order valence-corrected chi connectivity index (χ3v) is 5.45. The van der Waals surface area contributed by atoms with Gasteiger partial charge in [-0.3, -0.25) is 9.59 Å². The summed E-state index contributed by atoms with van der Waals surface area (Å²) < 4.78 is 9.17. The minimum absolute atomic E-state index is 0.0459. The maximum Gasteiger partial charge on any atom is 0.292 e. The highest BCUT2D eigenvalue weighted by Gasteiger charge is 2.42. The highest BCUT2D eigenvalue weighted by Crippen LogP contribution is 2.41. The van der Waals surface area contributed by atoms with Crippen molar-refractivity contribution in [1.29, 1.82) is 0 Å². The molecule has 0 bridgehead atoms. The fourth-order valence-corrected chi connectivity index (χ4v) is 4.65. The molecule has 2 atom stereocenters. The predicted octanol–water partition coefficient (Wildman–Crippen LogP) is 4.18. The molecular formula is C20H25Cl2NO4. The Kier molecular flexibility index (Phi) is 7.71. The van der Waals surface area contributed by atoms with Crippen LogP contribution >= 0.6 is 23.2 Å². The van der Waals surface area contributed by atoms with E-state index >= 15 is 0 Å². The number of hydrogen-bond donors (Lipinski definition) is 1. The summed E-state index contributed by atoms with van der Waals surface area (Å²) >= 11 is 12.4. The number of benzene rings is 1. The molecule has 1 spiro atoms. The second kappa shape index (κ2) is 9.58. The molecule has 1 heterocycles. The quantitative estimate of drug-likeness (QED) is 0.751. The van der Waals surface area contributed by atoms with E-state index in [1.807, 2.05) is 13.0 Å². The smallest absolute Gasteiger partial charge is 0.292 e. The molecule has 0 saturated heterocycles. The van der Waals surface area contributed by atoms with Gasteiger partial charge in [0, 0.05) is 29.9 Å². The Morgan fingerprint density at radius 1 is 1.33 bits per heavy atom. The molecule has 1 aromatic carbocycles. The molecule has 1 fully saturated rings. The minimum atomic E-state index is -0.261. The number of methoxy groups -OCH3 is 2. The van der Waals surface area contributed by atoms with Crippen LogP contribution in [0.4, 0.5) is 0 Å². The lowest BCUT2D eigenvalue weighted by molar-refractivity contribution is -0.126. The molecule has 0 aromatic heterocycles. The normalized spacial score (nSPS) is 24.0. The van der Waals surface area contributed by atoms with Gasteiger partial charge in [-0.05, 0) is 55.9 Å². The Hall–Kier alpha value is -1.56. The average Bonchev–Trinajstić information content (AvgIpc) is 2.90. The Balaban J connectivity index is 0.000000596. The third-order valence-electron chi connectivity index (χ3n) is 4.94. The van der Waals surface area contributed by atoms with E-state index in [0.717, 1.165) is 43.4 Å². The van der Waals surface area contributed by atoms with E-state index in [-0.39, 0.29) is 11.4 Å². The van der Waals surface area contributed by atoms with Crippen LogP contribution in [0.15, 0.2) is 18.2 Å². The Labute approximate surface area is 170 Å². The van der Waals surface area contributed by atoms with Crippen molar-refractivity contribution in [2.45, 2.75) is 38.1 Å². The number of amides is 1. The number of nitrogens with one attached hydrogen (secondary N) is 1. The molecule has 1 aliphatic heterocycles. The maximum atomic E-state index is 12.6. The van der Waals surface area contributed by atoms with E-state index in [2.05, 4.69) is 16.1 Å². The molecule has 1 aliphatic carbocycles. The Morgan fingerprint density at radius 2 is 2.04 bits per heavy atom. The van der Waals surface area contributed by atoms with Crippen molar-refractivity contribution in [3.05, 3.63) is 39.4 Å². The summed E-state index contributed by atoms with van der Waals surface area (Å²) in [6.07, 6.45) is 6.20. The van der Waals surface area contributed by atoms with E-state index in [4.69, 9.17) is 32.7 Å². The largest absolute Gasteiger partial charge is 0.471 e. The fraction of sp³-hybridized carbons (Fsp3) is 0.500. The lowest BCUT2D eigenvalue weighted by atomic mass is 9.76. The summed E-state index contributed by atoms with van der Waals surface area (Å²) in [4.78, 5) is 21.6. The first-order chi connectivity index (χ1) is 12.9. The summed E-state index contributed by atoms with van der Waals surface area (Å²) in [7, 11) is 3.04. The lowest BCUT2D eigenvalue weighted by Gasteiger charge is -2.36. The summed E-state index contributed by atoms with van der Waals surface area (Å²) in [6.45, 7) is 3.04. The van der Waals surface area contributed by atoms with Crippen LogP contribution in [0, 0.1) is 12.8 Å². The Bertz CT molecular complexity index is 710. The standard InChI is InChI=1S/C18H21Cl2NO2.C2H4O2/c1-11-6-13(19)7-15(20)16(11)14-9-18(21-17(14)22)5-3-4-12(8-18)10-23-2;1-4-2-3/h6-7,9,12H,3-5,8,10H2,1-2H3,(H,21,22);2H,1H3. The molecule has 1 saturated carbocycles. The zero-order chi connectivity index (χ0) is 20.0. The van der Waals surface area contributed by atoms with Gasteiger partial charge >= 0.3 is 0 Å². The van der Waals surface area contributed by atoms with Gasteiger partial charge in [0.05, 0.1) is 17.7 Å². The second-order valence-electron chi connectivity index (χ2n) is 7.00. The van der Waals surface area contributed by atoms with Gasteiger partial charge in [-0.2, -0.15) is 0 Å². The topological polar surface area (TPSA) is 64.6 Å². The first kappa shape index (κ1) is 21.7. The summed E-state index contributed by atoms with van der Waals surface area (Å²) in [5.74, 6) is 0.432. The molecular weight excluding hydrogens is 389 g/mol. The molecule has 1 aromatic rings. The number of halogens is 2. The number of carbonyl (C=O) groups is 2. The van der Waals surface area contributed by atoms with E-state index in [9.17, 15) is 4.79 Å². The molecule has 27 heavy (non-hydrogen) atoms. The number of aryl methyl sites for hydroxylation is 1. The van der Waals surface area contributed by atoms with Crippen molar-refractivity contribution in [3.8, 4) is 0 Å². The molecule has 7 heteroatoms. The second-order valence-corrected chi connectivity index (χ2v) is 7.84. The van der Waals surface area contributed by atoms with Crippen LogP contribution in [0.2, 0.25) is 10.0 Å². The van der Waals surface area contributed by atoms with Gasteiger partial charge in [0.25, 0.3) is 12.4 Å². The van der Waals surface area contributed by atoms with Crippen LogP contribution in [0.5, 0.6) is 0 Å². The van der Waals surface area contributed by atoms with Crippen LogP contribution in [-0.4, -0.2) is 38.7 Å². The number of carbonyl (C=O) groups excluding carboxylic acids is 2. The van der Waals surface area contributed by atoms with Gasteiger partial charge in [-0.1, -0.05) is 29.6 Å². The highest BCUT2D eigenvalue weighted by atomic mass is 35.5. The number of ether oxygens (including phenoxy) is 2. The lowest BCUT2D eigenvalue weighted by Crippen LogP contribution is -2.46. The van der Waals surface area contributed by atoms with Crippen LogP contribution in [0.3, 0.4) is 0 Å². The van der Waals surface area contributed by atoms with Gasteiger partial charge in [0.15, 0.2) is 0 Å². The van der Waals surface area contributed by atoms with E-state index in [0.29, 0.717) is 28.0 Å². The summed E-state index contributed by atoms with van der Waals surface area (Å²) in [5.41, 5.74) is 2.12. The minimum Gasteiger partial charge on any atom is -0.471 e. The van der Waals surface area contributed by atoms with Crippen LogP contribution in [-0.2, 0) is 19.1 Å². The van der Waals surface area contributed by atoms with Gasteiger partial charge in [-0.25, -0.2) is 0 Å². The molecule has 148 valence electrons. The molecule has 3 rings (SSSR count). The zero-order valence-electron chi connectivity index (χ0n) is 15.8. The van der Waals surface area contributed by atoms with Crippen molar-refractivity contribution in [3.63, 3.8) is 0 Å². The fourth-order valence-electron chi connectivity index (χ4n) is 3.95. The van der Waals surface area contributed by atoms with Crippen molar-refractivity contribution < 1.29 is 19.1 Å². The number of hydrogen-bond acceptors (Lipinski definition) is 4. The van der Waals surface area contributed by atoms with E-state index in [1.165, 1.54) is 7.11 Å². The van der Waals surface area contributed by atoms with Crippen molar-refractivity contribution in [2.24, 2.45) is 5.92 Å². The summed E-state index contributed by atoms with van der Waals surface area (Å²) in [6, 6.07) is 3.54. The Morgan fingerprint density at radius 3 is 2.63 bits per heavy atom. The van der Waals surface area contributed by atoms with Crippen molar-refractivity contribution in [2.75, 3.05) is 20.8 Å². The molecule has 0 radical (unpaired) electrons. The first-order valence-corrected chi connectivity index (χ1v) is 9.58. The van der Waals surface area contributed by atoms with Crippen molar-refractivity contribution in [1.82, 2.24) is 5.32 Å². The predicted molar refractivity (Wildman–Crippen MR) is 107 cm³/mol. The van der Waals surface area contributed by atoms with Crippen LogP contribution < -0.4 is 5.32 Å². The van der Waals surface area contributed by atoms with Crippen LogP contribution in [0.1, 0.15) is 36.8 Å². The van der Waals surface area contributed by atoms with Gasteiger partial charge in [0.1, 0.15) is 0 Å². The molecule has 1 N–H and O–H groups in total. The van der Waals surface area contributed by atoms with Crippen molar-refractivity contribution >= 4 is 41.2 Å². The molecule has 2 aliphatic rings.